The molecule has 7 heteroatoms. The van der Waals surface area contributed by atoms with Crippen LogP contribution in [0.15, 0.2) is 48.5 Å². The number of rotatable bonds is 12. The lowest BCUT2D eigenvalue weighted by atomic mass is 9.98. The molecule has 0 aliphatic heterocycles. The largest absolute Gasteiger partial charge is 0.481 e. The number of benzene rings is 2. The van der Waals surface area contributed by atoms with Gasteiger partial charge < -0.3 is 20.5 Å². The first-order chi connectivity index (χ1) is 16.0. The SMILES string of the molecule is CCC(CC(=O)NCCCCCC(=O)O)NC(=O)OCC1c2ccccc2-c2ccccc21. The van der Waals surface area contributed by atoms with Gasteiger partial charge in [-0.3, -0.25) is 9.59 Å². The van der Waals surface area contributed by atoms with E-state index in [4.69, 9.17) is 9.84 Å². The quantitative estimate of drug-likeness (QED) is 0.413. The summed E-state index contributed by atoms with van der Waals surface area (Å²) in [5.74, 6) is -0.948. The lowest BCUT2D eigenvalue weighted by Gasteiger charge is -2.19. The molecule has 1 aliphatic carbocycles. The van der Waals surface area contributed by atoms with Gasteiger partial charge in [-0.25, -0.2) is 4.79 Å². The van der Waals surface area contributed by atoms with Crippen molar-refractivity contribution in [1.29, 1.82) is 0 Å². The number of carbonyl (C=O) groups is 3. The lowest BCUT2D eigenvalue weighted by molar-refractivity contribution is -0.137. The Morgan fingerprint density at radius 3 is 2.21 bits per heavy atom. The third-order valence-electron chi connectivity index (χ3n) is 5.98. The minimum atomic E-state index is -0.802. The molecule has 0 heterocycles. The predicted octanol–water partition coefficient (Wildman–Crippen LogP) is 4.46. The first-order valence-corrected chi connectivity index (χ1v) is 11.6. The van der Waals surface area contributed by atoms with Gasteiger partial charge in [-0.15, -0.1) is 0 Å². The van der Waals surface area contributed by atoms with Crippen LogP contribution >= 0.6 is 0 Å². The molecule has 7 nitrogen and oxygen atoms in total. The molecule has 33 heavy (non-hydrogen) atoms. The van der Waals surface area contributed by atoms with Crippen molar-refractivity contribution in [3.05, 3.63) is 59.7 Å². The van der Waals surface area contributed by atoms with Crippen LogP contribution in [-0.2, 0) is 14.3 Å². The van der Waals surface area contributed by atoms with E-state index in [1.54, 1.807) is 0 Å². The summed E-state index contributed by atoms with van der Waals surface area (Å²) in [6.07, 6.45) is 2.50. The van der Waals surface area contributed by atoms with Crippen LogP contribution in [0.25, 0.3) is 11.1 Å². The van der Waals surface area contributed by atoms with Gasteiger partial charge in [0.05, 0.1) is 0 Å². The second-order valence-corrected chi connectivity index (χ2v) is 8.33. The number of carboxylic acids is 1. The van der Waals surface area contributed by atoms with Crippen molar-refractivity contribution in [2.24, 2.45) is 0 Å². The molecule has 176 valence electrons. The summed E-state index contributed by atoms with van der Waals surface area (Å²) in [6.45, 7) is 2.65. The summed E-state index contributed by atoms with van der Waals surface area (Å²) in [6, 6.07) is 16.0. The molecule has 0 saturated heterocycles. The van der Waals surface area contributed by atoms with E-state index in [-0.39, 0.29) is 37.3 Å². The highest BCUT2D eigenvalue weighted by Gasteiger charge is 2.29. The molecule has 1 aliphatic rings. The molecule has 2 aromatic carbocycles. The molecular formula is C26H32N2O5. The van der Waals surface area contributed by atoms with Gasteiger partial charge in [0.2, 0.25) is 5.91 Å². The number of ether oxygens (including phenoxy) is 1. The van der Waals surface area contributed by atoms with E-state index >= 15 is 0 Å². The Labute approximate surface area is 194 Å². The smallest absolute Gasteiger partial charge is 0.407 e. The highest BCUT2D eigenvalue weighted by molar-refractivity contribution is 5.79. The zero-order valence-electron chi connectivity index (χ0n) is 19.0. The van der Waals surface area contributed by atoms with E-state index in [1.165, 1.54) is 11.1 Å². The molecule has 0 spiro atoms. The van der Waals surface area contributed by atoms with E-state index in [0.29, 0.717) is 19.4 Å². The number of unbranched alkanes of at least 4 members (excludes halogenated alkanes) is 2. The Kier molecular flexibility index (Phi) is 8.87. The summed E-state index contributed by atoms with van der Waals surface area (Å²) in [7, 11) is 0. The zero-order valence-corrected chi connectivity index (χ0v) is 19.0. The first-order valence-electron chi connectivity index (χ1n) is 11.6. The number of carbonyl (C=O) groups excluding carboxylic acids is 2. The molecular weight excluding hydrogens is 420 g/mol. The van der Waals surface area contributed by atoms with Crippen molar-refractivity contribution in [3.8, 4) is 11.1 Å². The Balaban J connectivity index is 1.43. The summed E-state index contributed by atoms with van der Waals surface area (Å²) in [4.78, 5) is 35.1. The van der Waals surface area contributed by atoms with E-state index < -0.39 is 12.1 Å². The number of amides is 2. The van der Waals surface area contributed by atoms with Crippen LogP contribution in [0, 0.1) is 0 Å². The highest BCUT2D eigenvalue weighted by atomic mass is 16.5. The summed E-state index contributed by atoms with van der Waals surface area (Å²) >= 11 is 0. The second kappa shape index (κ2) is 12.0. The topological polar surface area (TPSA) is 105 Å². The minimum Gasteiger partial charge on any atom is -0.481 e. The van der Waals surface area contributed by atoms with Crippen LogP contribution in [0.3, 0.4) is 0 Å². The summed E-state index contributed by atoms with van der Waals surface area (Å²) in [5, 5.41) is 14.3. The van der Waals surface area contributed by atoms with Gasteiger partial charge in [-0.2, -0.15) is 0 Å². The van der Waals surface area contributed by atoms with Crippen molar-refractivity contribution < 1.29 is 24.2 Å². The van der Waals surface area contributed by atoms with E-state index in [2.05, 4.69) is 34.9 Å². The average Bonchev–Trinajstić information content (AvgIpc) is 3.13. The number of hydrogen-bond acceptors (Lipinski definition) is 4. The molecule has 3 N–H and O–H groups in total. The maximum Gasteiger partial charge on any atom is 0.407 e. The van der Waals surface area contributed by atoms with Crippen LogP contribution in [0.4, 0.5) is 4.79 Å². The Hall–Kier alpha value is -3.35. The normalized spacial score (nSPS) is 13.0. The molecule has 1 atom stereocenters. The molecule has 0 aromatic heterocycles. The number of hydrogen-bond donors (Lipinski definition) is 3. The van der Waals surface area contributed by atoms with E-state index in [9.17, 15) is 14.4 Å². The van der Waals surface area contributed by atoms with Crippen LogP contribution in [0.2, 0.25) is 0 Å². The lowest BCUT2D eigenvalue weighted by Crippen LogP contribution is -2.39. The Morgan fingerprint density at radius 1 is 0.970 bits per heavy atom. The zero-order chi connectivity index (χ0) is 23.6. The fourth-order valence-corrected chi connectivity index (χ4v) is 4.21. The fourth-order valence-electron chi connectivity index (χ4n) is 4.21. The van der Waals surface area contributed by atoms with Crippen molar-refractivity contribution in [2.45, 2.75) is 57.4 Å². The average molecular weight is 453 g/mol. The van der Waals surface area contributed by atoms with Crippen LogP contribution < -0.4 is 10.6 Å². The number of carboxylic acid groups (broad SMARTS) is 1. The molecule has 0 fully saturated rings. The Bertz CT molecular complexity index is 929. The van der Waals surface area contributed by atoms with Gasteiger partial charge in [0.1, 0.15) is 6.61 Å². The number of fused-ring (bicyclic) bond motifs is 3. The molecule has 3 rings (SSSR count). The maximum atomic E-state index is 12.4. The van der Waals surface area contributed by atoms with Gasteiger partial charge in [-0.1, -0.05) is 61.9 Å². The van der Waals surface area contributed by atoms with Gasteiger partial charge in [-0.05, 0) is 41.5 Å². The standard InChI is InChI=1S/C26H32N2O5/c1-2-18(16-24(29)27-15-9-3-4-14-25(30)31)28-26(32)33-17-23-21-12-7-5-10-19(21)20-11-6-8-13-22(20)23/h5-8,10-13,18,23H,2-4,9,14-17H2,1H3,(H,27,29)(H,28,32)(H,30,31). The van der Waals surface area contributed by atoms with Gasteiger partial charge in [0.15, 0.2) is 0 Å². The van der Waals surface area contributed by atoms with Crippen LogP contribution in [-0.4, -0.2) is 42.3 Å². The number of aliphatic carboxylic acids is 1. The Morgan fingerprint density at radius 2 is 1.61 bits per heavy atom. The molecule has 1 unspecified atom stereocenters. The fraction of sp³-hybridized carbons (Fsp3) is 0.423. The molecule has 0 bridgehead atoms. The van der Waals surface area contributed by atoms with Crippen molar-refractivity contribution in [3.63, 3.8) is 0 Å². The monoisotopic (exact) mass is 452 g/mol. The van der Waals surface area contributed by atoms with Gasteiger partial charge in [0, 0.05) is 31.3 Å². The van der Waals surface area contributed by atoms with Gasteiger partial charge in [0.25, 0.3) is 0 Å². The number of nitrogens with one attached hydrogen (secondary N) is 2. The van der Waals surface area contributed by atoms with Gasteiger partial charge >= 0.3 is 12.1 Å². The van der Waals surface area contributed by atoms with E-state index in [1.807, 2.05) is 31.2 Å². The highest BCUT2D eigenvalue weighted by Crippen LogP contribution is 2.44. The minimum absolute atomic E-state index is 0.00680. The predicted molar refractivity (Wildman–Crippen MR) is 126 cm³/mol. The summed E-state index contributed by atoms with van der Waals surface area (Å²) in [5.41, 5.74) is 4.66. The van der Waals surface area contributed by atoms with E-state index in [0.717, 1.165) is 24.0 Å². The van der Waals surface area contributed by atoms with Crippen LogP contribution in [0.5, 0.6) is 0 Å². The van der Waals surface area contributed by atoms with Crippen molar-refractivity contribution in [1.82, 2.24) is 10.6 Å². The third kappa shape index (κ3) is 6.81. The van der Waals surface area contributed by atoms with Crippen LogP contribution in [0.1, 0.15) is 62.5 Å². The first kappa shape index (κ1) is 24.3. The maximum absolute atomic E-state index is 12.4. The third-order valence-corrected chi connectivity index (χ3v) is 5.98. The molecule has 0 radical (unpaired) electrons. The summed E-state index contributed by atoms with van der Waals surface area (Å²) < 4.78 is 5.57. The second-order valence-electron chi connectivity index (χ2n) is 8.33. The number of alkyl carbamates (subject to hydrolysis) is 1. The molecule has 0 saturated carbocycles. The van der Waals surface area contributed by atoms with Crippen molar-refractivity contribution >= 4 is 18.0 Å². The molecule has 2 amide bonds. The van der Waals surface area contributed by atoms with Crippen molar-refractivity contribution in [2.75, 3.05) is 13.2 Å². The molecule has 2 aromatic rings.